The largest absolute Gasteiger partial charge is 0.497 e. The Morgan fingerprint density at radius 2 is 1.43 bits per heavy atom. The number of carboxylic acid groups (broad SMARTS) is 2. The summed E-state index contributed by atoms with van der Waals surface area (Å²) in [5.74, 6) is -1.73. The van der Waals surface area contributed by atoms with Crippen LogP contribution in [0, 0.1) is 0 Å². The van der Waals surface area contributed by atoms with Gasteiger partial charge in [-0.05, 0) is 23.8 Å². The molecule has 1 saturated heterocycles. The van der Waals surface area contributed by atoms with Crippen LogP contribution in [0.15, 0.2) is 48.5 Å². The van der Waals surface area contributed by atoms with E-state index in [1.165, 1.54) is 11.1 Å². The zero-order valence-electron chi connectivity index (χ0n) is 17.3. The normalized spacial score (nSPS) is 14.3. The topological polar surface area (TPSA) is 99.5 Å². The summed E-state index contributed by atoms with van der Waals surface area (Å²) in [6, 6.07) is 16.6. The number of benzene rings is 2. The average molecular weight is 416 g/mol. The number of hydrogen-bond donors (Lipinski definition) is 2. The quantitative estimate of drug-likeness (QED) is 0.692. The van der Waals surface area contributed by atoms with Crippen molar-refractivity contribution in [3.8, 4) is 11.5 Å². The van der Waals surface area contributed by atoms with Crippen LogP contribution >= 0.6 is 0 Å². The zero-order chi connectivity index (χ0) is 21.9. The molecule has 0 spiro atoms. The lowest BCUT2D eigenvalue weighted by molar-refractivity contribution is -0.159. The monoisotopic (exact) mass is 416 g/mol. The molecule has 1 fully saturated rings. The van der Waals surface area contributed by atoms with Gasteiger partial charge in [0.1, 0.15) is 11.5 Å². The number of rotatable bonds is 6. The van der Waals surface area contributed by atoms with Gasteiger partial charge in [0.15, 0.2) is 0 Å². The Kier molecular flexibility index (Phi) is 9.11. The van der Waals surface area contributed by atoms with Crippen molar-refractivity contribution in [3.63, 3.8) is 0 Å². The molecule has 0 aromatic heterocycles. The highest BCUT2D eigenvalue weighted by molar-refractivity contribution is 6.27. The minimum Gasteiger partial charge on any atom is -0.497 e. The predicted molar refractivity (Wildman–Crippen MR) is 112 cm³/mol. The Morgan fingerprint density at radius 3 is 2.00 bits per heavy atom. The van der Waals surface area contributed by atoms with Gasteiger partial charge in [-0.1, -0.05) is 30.3 Å². The van der Waals surface area contributed by atoms with Gasteiger partial charge in [-0.2, -0.15) is 0 Å². The van der Waals surface area contributed by atoms with Crippen LogP contribution in [0.25, 0.3) is 0 Å². The van der Waals surface area contributed by atoms with E-state index in [0.29, 0.717) is 0 Å². The molecular weight excluding hydrogens is 388 g/mol. The van der Waals surface area contributed by atoms with Crippen molar-refractivity contribution in [3.05, 3.63) is 59.7 Å². The standard InChI is InChI=1S/C20H26N2O2.C2H2O4/c1-23-19-8-5-6-17(14-19)15-21-10-12-22(13-11-21)16-18-7-3-4-9-20(18)24-2;3-1(4)2(5)6/h3-9,14H,10-13,15-16H2,1-2H3;(H,3,4)(H,5,6). The second-order valence-electron chi connectivity index (χ2n) is 6.83. The molecule has 1 aliphatic rings. The fourth-order valence-electron chi connectivity index (χ4n) is 3.21. The summed E-state index contributed by atoms with van der Waals surface area (Å²) >= 11 is 0. The van der Waals surface area contributed by atoms with Crippen LogP contribution in [0.1, 0.15) is 11.1 Å². The summed E-state index contributed by atoms with van der Waals surface area (Å²) in [6.45, 7) is 6.29. The molecule has 2 aromatic carbocycles. The van der Waals surface area contributed by atoms with Gasteiger partial charge < -0.3 is 19.7 Å². The molecule has 0 amide bonds. The third-order valence-corrected chi connectivity index (χ3v) is 4.77. The number of piperazine rings is 1. The summed E-state index contributed by atoms with van der Waals surface area (Å²) in [5, 5.41) is 14.8. The van der Waals surface area contributed by atoms with Gasteiger partial charge in [0.25, 0.3) is 0 Å². The Labute approximate surface area is 176 Å². The highest BCUT2D eigenvalue weighted by Gasteiger charge is 2.18. The SMILES string of the molecule is COc1cccc(CN2CCN(Cc3ccccc3OC)CC2)c1.O=C(O)C(=O)O. The minimum absolute atomic E-state index is 0.933. The summed E-state index contributed by atoms with van der Waals surface area (Å²) in [7, 11) is 3.46. The first-order valence-corrected chi connectivity index (χ1v) is 9.58. The fourth-order valence-corrected chi connectivity index (χ4v) is 3.21. The highest BCUT2D eigenvalue weighted by Crippen LogP contribution is 2.20. The third kappa shape index (κ3) is 7.38. The van der Waals surface area contributed by atoms with Crippen LogP contribution in [0.3, 0.4) is 0 Å². The van der Waals surface area contributed by atoms with Crippen LogP contribution in [0.2, 0.25) is 0 Å². The van der Waals surface area contributed by atoms with Crippen molar-refractivity contribution in [2.75, 3.05) is 40.4 Å². The maximum atomic E-state index is 9.10. The van der Waals surface area contributed by atoms with Gasteiger partial charge in [-0.15, -0.1) is 0 Å². The van der Waals surface area contributed by atoms with Crippen LogP contribution in [0.4, 0.5) is 0 Å². The van der Waals surface area contributed by atoms with Gasteiger partial charge >= 0.3 is 11.9 Å². The van der Waals surface area contributed by atoms with Crippen molar-refractivity contribution < 1.29 is 29.3 Å². The van der Waals surface area contributed by atoms with Gasteiger partial charge in [0, 0.05) is 44.8 Å². The first-order chi connectivity index (χ1) is 14.4. The summed E-state index contributed by atoms with van der Waals surface area (Å²) in [5.41, 5.74) is 2.58. The molecule has 0 saturated carbocycles. The van der Waals surface area contributed by atoms with E-state index >= 15 is 0 Å². The van der Waals surface area contributed by atoms with E-state index in [2.05, 4.69) is 40.1 Å². The molecule has 0 unspecified atom stereocenters. The maximum absolute atomic E-state index is 9.10. The van der Waals surface area contributed by atoms with E-state index in [1.807, 2.05) is 18.2 Å². The first-order valence-electron chi connectivity index (χ1n) is 9.58. The average Bonchev–Trinajstić information content (AvgIpc) is 2.76. The van der Waals surface area contributed by atoms with Crippen molar-refractivity contribution in [1.82, 2.24) is 9.80 Å². The molecule has 0 atom stereocenters. The molecule has 8 nitrogen and oxygen atoms in total. The van der Waals surface area contributed by atoms with Crippen molar-refractivity contribution in [1.29, 1.82) is 0 Å². The number of aliphatic carboxylic acids is 2. The highest BCUT2D eigenvalue weighted by atomic mass is 16.5. The predicted octanol–water partition coefficient (Wildman–Crippen LogP) is 2.18. The van der Waals surface area contributed by atoms with Crippen LogP contribution in [-0.2, 0) is 22.7 Å². The number of hydrogen-bond acceptors (Lipinski definition) is 6. The van der Waals surface area contributed by atoms with Crippen LogP contribution in [-0.4, -0.2) is 72.4 Å². The molecule has 0 aliphatic carbocycles. The number of methoxy groups -OCH3 is 2. The lowest BCUT2D eigenvalue weighted by Crippen LogP contribution is -2.45. The zero-order valence-corrected chi connectivity index (χ0v) is 17.3. The molecule has 2 N–H and O–H groups in total. The molecule has 162 valence electrons. The molecular formula is C22H28N2O6. The summed E-state index contributed by atoms with van der Waals surface area (Å²) in [4.78, 5) is 23.2. The van der Waals surface area contributed by atoms with E-state index in [9.17, 15) is 0 Å². The minimum atomic E-state index is -1.82. The van der Waals surface area contributed by atoms with E-state index in [4.69, 9.17) is 29.3 Å². The Bertz CT molecular complexity index is 822. The third-order valence-electron chi connectivity index (χ3n) is 4.77. The Balaban J connectivity index is 0.000000469. The fraction of sp³-hybridized carbons (Fsp3) is 0.364. The number of para-hydroxylation sites is 1. The number of nitrogens with zero attached hydrogens (tertiary/aromatic N) is 2. The van der Waals surface area contributed by atoms with E-state index in [1.54, 1.807) is 14.2 Å². The van der Waals surface area contributed by atoms with Gasteiger partial charge in [-0.25, -0.2) is 9.59 Å². The van der Waals surface area contributed by atoms with Gasteiger partial charge in [-0.3, -0.25) is 9.80 Å². The molecule has 30 heavy (non-hydrogen) atoms. The summed E-state index contributed by atoms with van der Waals surface area (Å²) in [6.07, 6.45) is 0. The maximum Gasteiger partial charge on any atom is 0.414 e. The molecule has 1 aliphatic heterocycles. The van der Waals surface area contributed by atoms with E-state index in [-0.39, 0.29) is 0 Å². The number of carbonyl (C=O) groups is 2. The molecule has 1 heterocycles. The second-order valence-corrected chi connectivity index (χ2v) is 6.83. The molecule has 2 aromatic rings. The summed E-state index contributed by atoms with van der Waals surface area (Å²) < 4.78 is 10.8. The molecule has 0 radical (unpaired) electrons. The Hall–Kier alpha value is -3.10. The smallest absolute Gasteiger partial charge is 0.414 e. The van der Waals surface area contributed by atoms with Crippen LogP contribution in [0.5, 0.6) is 11.5 Å². The lowest BCUT2D eigenvalue weighted by atomic mass is 10.1. The van der Waals surface area contributed by atoms with Crippen molar-refractivity contribution in [2.24, 2.45) is 0 Å². The van der Waals surface area contributed by atoms with Gasteiger partial charge in [0.2, 0.25) is 0 Å². The Morgan fingerprint density at radius 1 is 0.833 bits per heavy atom. The first kappa shape index (κ1) is 23.2. The van der Waals surface area contributed by atoms with Gasteiger partial charge in [0.05, 0.1) is 14.2 Å². The van der Waals surface area contributed by atoms with Crippen LogP contribution < -0.4 is 9.47 Å². The van der Waals surface area contributed by atoms with Crippen molar-refractivity contribution in [2.45, 2.75) is 13.1 Å². The van der Waals surface area contributed by atoms with E-state index < -0.39 is 11.9 Å². The molecule has 0 bridgehead atoms. The number of carboxylic acids is 2. The molecule has 8 heteroatoms. The lowest BCUT2D eigenvalue weighted by Gasteiger charge is -2.35. The second kappa shape index (κ2) is 11.8. The van der Waals surface area contributed by atoms with Crippen molar-refractivity contribution >= 4 is 11.9 Å². The molecule has 3 rings (SSSR count). The number of ether oxygens (including phenoxy) is 2. The van der Waals surface area contributed by atoms with E-state index in [0.717, 1.165) is 50.8 Å².